The van der Waals surface area contributed by atoms with Crippen LogP contribution < -0.4 is 4.57 Å². The van der Waals surface area contributed by atoms with Crippen LogP contribution in [0.1, 0.15) is 26.7 Å². The van der Waals surface area contributed by atoms with Crippen LogP contribution in [0.25, 0.3) is 0 Å². The third-order valence-corrected chi connectivity index (χ3v) is 1.88. The first-order valence-corrected chi connectivity index (χ1v) is 7.46. The summed E-state index contributed by atoms with van der Waals surface area (Å²) >= 11 is 0. The number of hydrogen-bond acceptors (Lipinski definition) is 0. The molecule has 18 heavy (non-hydrogen) atoms. The van der Waals surface area contributed by atoms with Crippen molar-refractivity contribution in [1.82, 2.24) is 4.57 Å². The Hall–Kier alpha value is -0.780. The molecule has 9 heteroatoms. The molecule has 0 aromatic carbocycles. The van der Waals surface area contributed by atoms with E-state index in [4.69, 9.17) is 0 Å². The number of aromatic nitrogens is 2. The predicted molar refractivity (Wildman–Crippen MR) is 58.8 cm³/mol. The van der Waals surface area contributed by atoms with Gasteiger partial charge in [-0.25, -0.2) is 9.13 Å². The second-order valence-corrected chi connectivity index (χ2v) is 5.71. The zero-order valence-electron chi connectivity index (χ0n) is 10.2. The van der Waals surface area contributed by atoms with Gasteiger partial charge in [0.05, 0.1) is 13.1 Å². The minimum absolute atomic E-state index is 1.07. The third-order valence-electron chi connectivity index (χ3n) is 1.88. The molecular formula is C9H17F6N2P. The molecule has 0 bridgehead atoms. The summed E-state index contributed by atoms with van der Waals surface area (Å²) in [5.41, 5.74) is 0. The summed E-state index contributed by atoms with van der Waals surface area (Å²) in [5, 5.41) is 0. The van der Waals surface area contributed by atoms with Crippen LogP contribution in [-0.4, -0.2) is 4.57 Å². The molecule has 0 unspecified atom stereocenters. The van der Waals surface area contributed by atoms with Crippen LogP contribution in [0.4, 0.5) is 25.2 Å². The molecule has 0 N–H and O–H groups in total. The first-order chi connectivity index (χ1) is 7.81. The van der Waals surface area contributed by atoms with E-state index in [-0.39, 0.29) is 0 Å². The van der Waals surface area contributed by atoms with Crippen LogP contribution in [0.5, 0.6) is 0 Å². The van der Waals surface area contributed by atoms with Crippen LogP contribution in [-0.2, 0) is 13.1 Å². The molecule has 0 spiro atoms. The van der Waals surface area contributed by atoms with E-state index in [1.807, 2.05) is 0 Å². The van der Waals surface area contributed by atoms with Crippen molar-refractivity contribution in [3.63, 3.8) is 0 Å². The molecule has 0 aliphatic rings. The molecule has 0 fully saturated rings. The second-order valence-electron chi connectivity index (χ2n) is 3.79. The third kappa shape index (κ3) is 15.2. The van der Waals surface area contributed by atoms with Crippen LogP contribution >= 0.6 is 7.81 Å². The number of halogens is 6. The molecule has 1 aromatic rings. The Morgan fingerprint density at radius 3 is 1.89 bits per heavy atom. The quantitative estimate of drug-likeness (QED) is 0.421. The van der Waals surface area contributed by atoms with Gasteiger partial charge in [0.15, 0.2) is 0 Å². The van der Waals surface area contributed by atoms with E-state index in [9.17, 15) is 25.2 Å². The summed E-state index contributed by atoms with van der Waals surface area (Å²) in [4.78, 5) is 0. The molecule has 0 amide bonds. The van der Waals surface area contributed by atoms with Gasteiger partial charge in [0.25, 0.3) is 0 Å². The fraction of sp³-hybridized carbons (Fsp3) is 0.667. The number of rotatable bonds is 4. The molecule has 0 aliphatic heterocycles. The molecule has 2 nitrogen and oxygen atoms in total. The van der Waals surface area contributed by atoms with E-state index in [2.05, 4.69) is 41.7 Å². The Labute approximate surface area is 101 Å². The Morgan fingerprint density at radius 1 is 1.06 bits per heavy atom. The van der Waals surface area contributed by atoms with Crippen molar-refractivity contribution in [2.45, 2.75) is 39.8 Å². The first-order valence-electron chi connectivity index (χ1n) is 5.43. The van der Waals surface area contributed by atoms with Crippen molar-refractivity contribution < 1.29 is 29.7 Å². The monoisotopic (exact) mass is 298 g/mol. The standard InChI is InChI=1S/C9H17N2.F6P/c1-3-5-6-11-8-7-10(4-2)9-11;1-7(2,3,4,5)6/h7-9H,3-6H2,1-2H3;/q+1;-1. The van der Waals surface area contributed by atoms with Gasteiger partial charge in [0, 0.05) is 0 Å². The Morgan fingerprint density at radius 2 is 1.56 bits per heavy atom. The van der Waals surface area contributed by atoms with E-state index >= 15 is 0 Å². The molecule has 110 valence electrons. The number of nitrogens with zero attached hydrogens (tertiary/aromatic N) is 2. The predicted octanol–water partition coefficient (Wildman–Crippen LogP) is 4.98. The molecule has 1 rings (SSSR count). The van der Waals surface area contributed by atoms with Gasteiger partial charge in [-0.15, -0.1) is 0 Å². The normalized spacial score (nSPS) is 15.3. The van der Waals surface area contributed by atoms with E-state index in [1.165, 1.54) is 12.8 Å². The summed E-state index contributed by atoms with van der Waals surface area (Å²) in [6.07, 6.45) is 8.97. The minimum atomic E-state index is -10.7. The number of aryl methyl sites for hydroxylation is 2. The van der Waals surface area contributed by atoms with E-state index in [1.54, 1.807) is 0 Å². The molecule has 1 aromatic heterocycles. The van der Waals surface area contributed by atoms with Gasteiger partial charge >= 0.3 is 33.0 Å². The summed E-state index contributed by atoms with van der Waals surface area (Å²) in [6, 6.07) is 0. The zero-order chi connectivity index (χ0) is 14.5. The average Bonchev–Trinajstić information content (AvgIpc) is 2.57. The van der Waals surface area contributed by atoms with Gasteiger partial charge in [0.2, 0.25) is 6.33 Å². The average molecular weight is 298 g/mol. The van der Waals surface area contributed by atoms with Gasteiger partial charge in [-0.1, -0.05) is 13.3 Å². The maximum atomic E-state index is 9.87. The van der Waals surface area contributed by atoms with Gasteiger partial charge < -0.3 is 0 Å². The topological polar surface area (TPSA) is 8.81 Å². The molecule has 0 aliphatic carbocycles. The van der Waals surface area contributed by atoms with E-state index in [0.29, 0.717) is 0 Å². The fourth-order valence-corrected chi connectivity index (χ4v) is 1.10. The van der Waals surface area contributed by atoms with Crippen LogP contribution in [0.2, 0.25) is 0 Å². The van der Waals surface area contributed by atoms with Crippen LogP contribution in [0.15, 0.2) is 18.7 Å². The summed E-state index contributed by atoms with van der Waals surface area (Å²) in [7, 11) is -10.7. The van der Waals surface area contributed by atoms with E-state index < -0.39 is 7.81 Å². The van der Waals surface area contributed by atoms with Gasteiger partial charge in [-0.3, -0.25) is 0 Å². The molecule has 0 radical (unpaired) electrons. The molecule has 0 saturated heterocycles. The molecular weight excluding hydrogens is 281 g/mol. The van der Waals surface area contributed by atoms with E-state index in [0.717, 1.165) is 13.1 Å². The Bertz CT molecular complexity index is 357. The van der Waals surface area contributed by atoms with Crippen molar-refractivity contribution in [3.8, 4) is 0 Å². The van der Waals surface area contributed by atoms with Crippen LogP contribution in [0, 0.1) is 0 Å². The van der Waals surface area contributed by atoms with Crippen LogP contribution in [0.3, 0.4) is 0 Å². The Kier molecular flexibility index (Phi) is 4.85. The fourth-order valence-electron chi connectivity index (χ4n) is 1.10. The van der Waals surface area contributed by atoms with Crippen molar-refractivity contribution in [2.24, 2.45) is 0 Å². The summed E-state index contributed by atoms with van der Waals surface area (Å²) in [5.74, 6) is 0. The summed E-state index contributed by atoms with van der Waals surface area (Å²) in [6.45, 7) is 6.60. The van der Waals surface area contributed by atoms with Gasteiger partial charge in [0.1, 0.15) is 12.4 Å². The number of hydrogen-bond donors (Lipinski definition) is 0. The maximum absolute atomic E-state index is 10.7. The first kappa shape index (κ1) is 17.2. The van der Waals surface area contributed by atoms with Gasteiger partial charge in [-0.2, -0.15) is 0 Å². The molecule has 0 atom stereocenters. The van der Waals surface area contributed by atoms with Crippen molar-refractivity contribution >= 4 is 7.81 Å². The molecule has 0 saturated carbocycles. The Balaban J connectivity index is 0.000000360. The number of unbranched alkanes of at least 4 members (excludes halogenated alkanes) is 1. The number of imidazole rings is 1. The van der Waals surface area contributed by atoms with Crippen molar-refractivity contribution in [3.05, 3.63) is 18.7 Å². The second kappa shape index (κ2) is 5.07. The molecule has 1 heterocycles. The SMILES string of the molecule is CCCC[n+]1ccn(CC)c1.F[P-](F)(F)(F)(F)F. The summed E-state index contributed by atoms with van der Waals surface area (Å²) < 4.78 is 63.6. The van der Waals surface area contributed by atoms with Crippen molar-refractivity contribution in [2.75, 3.05) is 0 Å². The van der Waals surface area contributed by atoms with Crippen molar-refractivity contribution in [1.29, 1.82) is 0 Å². The van der Waals surface area contributed by atoms with Gasteiger partial charge in [-0.05, 0) is 13.3 Å². The zero-order valence-corrected chi connectivity index (χ0v) is 11.1.